The Morgan fingerprint density at radius 2 is 1.70 bits per heavy atom. The van der Waals surface area contributed by atoms with E-state index in [-0.39, 0.29) is 11.6 Å². The molecule has 0 saturated carbocycles. The Bertz CT molecular complexity index is 1430. The van der Waals surface area contributed by atoms with Crippen LogP contribution in [0.3, 0.4) is 0 Å². The molecule has 0 bridgehead atoms. The molecule has 2 amide bonds. The molecule has 0 fully saturated rings. The van der Waals surface area contributed by atoms with Crippen molar-refractivity contribution >= 4 is 22.6 Å². The Balaban J connectivity index is 1.86. The summed E-state index contributed by atoms with van der Waals surface area (Å²) in [6.07, 6.45) is 3.35. The first-order valence-corrected chi connectivity index (χ1v) is 12.9. The molecule has 4 rings (SSSR count). The summed E-state index contributed by atoms with van der Waals surface area (Å²) in [6.45, 7) is 6.56. The van der Waals surface area contributed by atoms with Gasteiger partial charge in [0.25, 0.3) is 5.56 Å². The molecule has 0 spiro atoms. The summed E-state index contributed by atoms with van der Waals surface area (Å²) in [7, 11) is 0. The third-order valence-electron chi connectivity index (χ3n) is 6.60. The summed E-state index contributed by atoms with van der Waals surface area (Å²) in [5.74, 6) is 0.0622. The second-order valence-corrected chi connectivity index (χ2v) is 9.17. The molecule has 0 saturated heterocycles. The molecule has 37 heavy (non-hydrogen) atoms. The molecule has 0 aliphatic carbocycles. The average Bonchev–Trinajstić information content (AvgIpc) is 2.90. The van der Waals surface area contributed by atoms with Gasteiger partial charge in [-0.1, -0.05) is 57.0 Å². The minimum atomic E-state index is -0.483. The molecule has 4 aromatic rings. The Labute approximate surface area is 216 Å². The van der Waals surface area contributed by atoms with Gasteiger partial charge in [0.2, 0.25) is 0 Å². The van der Waals surface area contributed by atoms with Crippen LogP contribution < -0.4 is 10.9 Å². The van der Waals surface area contributed by atoms with E-state index in [2.05, 4.69) is 12.2 Å². The van der Waals surface area contributed by atoms with Gasteiger partial charge < -0.3 is 10.2 Å². The van der Waals surface area contributed by atoms with Crippen molar-refractivity contribution in [3.63, 3.8) is 0 Å². The highest BCUT2D eigenvalue weighted by Crippen LogP contribution is 2.28. The van der Waals surface area contributed by atoms with Gasteiger partial charge >= 0.3 is 6.03 Å². The average molecular weight is 501 g/mol. The number of halogens is 1. The Morgan fingerprint density at radius 3 is 2.41 bits per heavy atom. The van der Waals surface area contributed by atoms with E-state index < -0.39 is 11.9 Å². The maximum atomic E-state index is 13.8. The minimum absolute atomic E-state index is 0.245. The van der Waals surface area contributed by atoms with Crippen molar-refractivity contribution < 1.29 is 9.18 Å². The van der Waals surface area contributed by atoms with Crippen molar-refractivity contribution in [1.82, 2.24) is 14.5 Å². The van der Waals surface area contributed by atoms with Crippen molar-refractivity contribution in [2.45, 2.75) is 52.5 Å². The maximum absolute atomic E-state index is 13.8. The molecule has 192 valence electrons. The number of carbonyl (C=O) groups excluding carboxylic acids is 1. The molecule has 1 atom stereocenters. The topological polar surface area (TPSA) is 67.2 Å². The van der Waals surface area contributed by atoms with Crippen molar-refractivity contribution in [2.75, 3.05) is 11.9 Å². The van der Waals surface area contributed by atoms with Gasteiger partial charge in [-0.15, -0.1) is 0 Å². The zero-order valence-corrected chi connectivity index (χ0v) is 21.6. The number of carbonyl (C=O) groups is 1. The SMILES string of the molecule is CCCCCN(C(=O)Nc1ccccc1C)C(CC)c1nc2ccccc2c(=O)n1-c1ccc(F)cc1. The molecular formula is C30H33FN4O2. The van der Waals surface area contributed by atoms with Crippen molar-refractivity contribution in [3.8, 4) is 5.69 Å². The van der Waals surface area contributed by atoms with E-state index in [1.807, 2.05) is 44.2 Å². The second kappa shape index (κ2) is 11.8. The number of urea groups is 1. The third-order valence-corrected chi connectivity index (χ3v) is 6.60. The highest BCUT2D eigenvalue weighted by molar-refractivity contribution is 5.90. The smallest absolute Gasteiger partial charge is 0.314 e. The summed E-state index contributed by atoms with van der Waals surface area (Å²) in [5, 5.41) is 3.53. The van der Waals surface area contributed by atoms with E-state index in [1.54, 1.807) is 35.2 Å². The number of nitrogens with zero attached hydrogens (tertiary/aromatic N) is 3. The molecule has 1 unspecified atom stereocenters. The first-order chi connectivity index (χ1) is 17.9. The van der Waals surface area contributed by atoms with Crippen LogP contribution in [0, 0.1) is 12.7 Å². The summed E-state index contributed by atoms with van der Waals surface area (Å²) in [4.78, 5) is 34.2. The predicted octanol–water partition coefficient (Wildman–Crippen LogP) is 7.01. The molecule has 3 aromatic carbocycles. The number of aromatic nitrogens is 2. The van der Waals surface area contributed by atoms with Crippen LogP contribution >= 0.6 is 0 Å². The number of benzene rings is 3. The van der Waals surface area contributed by atoms with Crippen molar-refractivity contribution in [2.24, 2.45) is 0 Å². The number of nitrogens with one attached hydrogen (secondary N) is 1. The lowest BCUT2D eigenvalue weighted by Gasteiger charge is -2.32. The first-order valence-electron chi connectivity index (χ1n) is 12.9. The van der Waals surface area contributed by atoms with Crippen LogP contribution in [0.15, 0.2) is 77.6 Å². The van der Waals surface area contributed by atoms with E-state index >= 15 is 0 Å². The van der Waals surface area contributed by atoms with E-state index in [4.69, 9.17) is 4.98 Å². The second-order valence-electron chi connectivity index (χ2n) is 9.17. The molecule has 0 radical (unpaired) electrons. The number of hydrogen-bond acceptors (Lipinski definition) is 3. The third kappa shape index (κ3) is 5.71. The monoisotopic (exact) mass is 500 g/mol. The fourth-order valence-electron chi connectivity index (χ4n) is 4.59. The van der Waals surface area contributed by atoms with Crippen molar-refractivity contribution in [3.05, 3.63) is 100 Å². The van der Waals surface area contributed by atoms with E-state index in [0.717, 1.165) is 30.5 Å². The number of unbranched alkanes of at least 4 members (excludes halogenated alkanes) is 2. The summed E-state index contributed by atoms with van der Waals surface area (Å²) >= 11 is 0. The first kappa shape index (κ1) is 26.1. The summed E-state index contributed by atoms with van der Waals surface area (Å²) in [6, 6.07) is 19.9. The molecule has 0 aliphatic heterocycles. The van der Waals surface area contributed by atoms with Gasteiger partial charge in [0, 0.05) is 12.2 Å². The lowest BCUT2D eigenvalue weighted by Crippen LogP contribution is -2.41. The van der Waals surface area contributed by atoms with Gasteiger partial charge in [0.05, 0.1) is 22.6 Å². The van der Waals surface area contributed by atoms with Gasteiger partial charge in [0.1, 0.15) is 11.6 Å². The highest BCUT2D eigenvalue weighted by Gasteiger charge is 2.29. The van der Waals surface area contributed by atoms with Crippen LogP contribution in [0.1, 0.15) is 57.0 Å². The zero-order valence-electron chi connectivity index (χ0n) is 21.6. The molecule has 1 N–H and O–H groups in total. The van der Waals surface area contributed by atoms with Crippen molar-refractivity contribution in [1.29, 1.82) is 0 Å². The Morgan fingerprint density at radius 1 is 1.00 bits per heavy atom. The van der Waals surface area contributed by atoms with Crippen LogP contribution in [0.25, 0.3) is 16.6 Å². The largest absolute Gasteiger partial charge is 0.322 e. The van der Waals surface area contributed by atoms with Gasteiger partial charge in [-0.3, -0.25) is 9.36 Å². The van der Waals surface area contributed by atoms with E-state index in [0.29, 0.717) is 35.4 Å². The zero-order chi connectivity index (χ0) is 26.4. The van der Waals surface area contributed by atoms with E-state index in [9.17, 15) is 14.0 Å². The molecule has 6 nitrogen and oxygen atoms in total. The summed E-state index contributed by atoms with van der Waals surface area (Å²) in [5.41, 5.74) is 2.52. The van der Waals surface area contributed by atoms with Gasteiger partial charge in [-0.05, 0) is 67.8 Å². The molecule has 1 heterocycles. The fraction of sp³-hybridized carbons (Fsp3) is 0.300. The van der Waals surface area contributed by atoms with Crippen LogP contribution in [0.2, 0.25) is 0 Å². The number of amides is 2. The molecule has 7 heteroatoms. The Kier molecular flexibility index (Phi) is 8.33. The molecule has 0 aliphatic rings. The molecular weight excluding hydrogens is 467 g/mol. The Hall–Kier alpha value is -4.00. The van der Waals surface area contributed by atoms with Crippen LogP contribution in [-0.2, 0) is 0 Å². The van der Waals surface area contributed by atoms with Crippen LogP contribution in [-0.4, -0.2) is 27.0 Å². The lowest BCUT2D eigenvalue weighted by molar-refractivity contribution is 0.179. The quantitative estimate of drug-likeness (QED) is 0.251. The lowest BCUT2D eigenvalue weighted by atomic mass is 10.1. The number of rotatable bonds is 9. The number of anilines is 1. The number of aryl methyl sites for hydroxylation is 1. The number of hydrogen-bond donors (Lipinski definition) is 1. The van der Waals surface area contributed by atoms with E-state index in [1.165, 1.54) is 16.7 Å². The van der Waals surface area contributed by atoms with Crippen LogP contribution in [0.5, 0.6) is 0 Å². The minimum Gasteiger partial charge on any atom is -0.314 e. The van der Waals surface area contributed by atoms with Crippen LogP contribution in [0.4, 0.5) is 14.9 Å². The normalized spacial score (nSPS) is 11.9. The summed E-state index contributed by atoms with van der Waals surface area (Å²) < 4.78 is 15.3. The number of fused-ring (bicyclic) bond motifs is 1. The standard InChI is InChI=1S/C30H33FN4O2/c1-4-6-11-20-34(30(37)33-25-14-9-7-12-21(25)3)27(5-2)28-32-26-15-10-8-13-24(26)29(36)35(28)23-18-16-22(31)17-19-23/h7-10,12-19,27H,4-6,11,20H2,1-3H3,(H,33,37). The van der Waals surface area contributed by atoms with Gasteiger partial charge in [-0.25, -0.2) is 14.2 Å². The fourth-order valence-corrected chi connectivity index (χ4v) is 4.59. The van der Waals surface area contributed by atoms with Gasteiger partial charge in [0.15, 0.2) is 0 Å². The van der Waals surface area contributed by atoms with Gasteiger partial charge in [-0.2, -0.15) is 0 Å². The number of para-hydroxylation sites is 2. The maximum Gasteiger partial charge on any atom is 0.322 e. The molecule has 1 aromatic heterocycles. The highest BCUT2D eigenvalue weighted by atomic mass is 19.1. The predicted molar refractivity (Wildman–Crippen MR) is 147 cm³/mol.